The fourth-order valence-electron chi connectivity index (χ4n) is 2.34. The fraction of sp³-hybridized carbons (Fsp3) is 0.538. The molecule has 1 aliphatic rings. The first-order valence-corrected chi connectivity index (χ1v) is 6.14. The average Bonchev–Trinajstić information content (AvgIpc) is 2.17. The van der Waals surface area contributed by atoms with Crippen LogP contribution in [0.5, 0.6) is 0 Å². The third-order valence-electron chi connectivity index (χ3n) is 3.53. The topological polar surface area (TPSA) is 20.2 Å². The number of halogens is 1. The van der Waals surface area contributed by atoms with Gasteiger partial charge in [-0.15, -0.1) is 11.6 Å². The van der Waals surface area contributed by atoms with E-state index in [1.165, 1.54) is 6.42 Å². The molecule has 1 fully saturated rings. The second kappa shape index (κ2) is 4.54. The molecule has 82 valence electrons. The maximum absolute atomic E-state index is 10.7. The monoisotopic (exact) mass is 224 g/mol. The van der Waals surface area contributed by atoms with Crippen molar-refractivity contribution in [2.75, 3.05) is 5.88 Å². The molecule has 15 heavy (non-hydrogen) atoms. The molecule has 1 saturated carbocycles. The third-order valence-corrected chi connectivity index (χ3v) is 3.72. The summed E-state index contributed by atoms with van der Waals surface area (Å²) in [5, 5.41) is 10.7. The van der Waals surface area contributed by atoms with E-state index in [0.717, 1.165) is 18.4 Å². The van der Waals surface area contributed by atoms with Crippen LogP contribution in [0.1, 0.15) is 31.2 Å². The molecule has 2 heteroatoms. The lowest BCUT2D eigenvalue weighted by Gasteiger charge is -2.41. The second-order valence-electron chi connectivity index (χ2n) is 4.36. The first-order valence-electron chi connectivity index (χ1n) is 5.61. The Bertz CT molecular complexity index is 308. The predicted octanol–water partition coefficient (Wildman–Crippen LogP) is 3.30. The summed E-state index contributed by atoms with van der Waals surface area (Å²) in [6, 6.07) is 9.95. The number of hydrogen-bond donors (Lipinski definition) is 1. The van der Waals surface area contributed by atoms with Crippen LogP contribution >= 0.6 is 11.6 Å². The smallest absolute Gasteiger partial charge is 0.0935 e. The highest BCUT2D eigenvalue weighted by Gasteiger charge is 2.40. The summed E-state index contributed by atoms with van der Waals surface area (Å²) in [6.45, 7) is 0. The molecule has 1 aromatic carbocycles. The van der Waals surface area contributed by atoms with Gasteiger partial charge in [0.1, 0.15) is 0 Å². The zero-order valence-electron chi connectivity index (χ0n) is 8.82. The molecule has 0 aromatic heterocycles. The SMILES string of the molecule is OC(CCCl)(c1ccccc1)C1CCC1. The van der Waals surface area contributed by atoms with Gasteiger partial charge in [0, 0.05) is 5.88 Å². The lowest BCUT2D eigenvalue weighted by Crippen LogP contribution is -2.39. The molecule has 1 N–H and O–H groups in total. The van der Waals surface area contributed by atoms with Crippen LogP contribution in [-0.4, -0.2) is 11.0 Å². The standard InChI is InChI=1S/C13H17ClO/c14-10-9-13(15,12-7-4-8-12)11-5-2-1-3-6-11/h1-3,5-6,12,15H,4,7-10H2. The third kappa shape index (κ3) is 2.04. The Morgan fingerprint density at radius 1 is 1.27 bits per heavy atom. The molecular weight excluding hydrogens is 208 g/mol. The van der Waals surface area contributed by atoms with E-state index >= 15 is 0 Å². The fourth-order valence-corrected chi connectivity index (χ4v) is 2.63. The van der Waals surface area contributed by atoms with Gasteiger partial charge in [0.25, 0.3) is 0 Å². The molecule has 0 radical (unpaired) electrons. The number of alkyl halides is 1. The zero-order chi connectivity index (χ0) is 10.7. The summed E-state index contributed by atoms with van der Waals surface area (Å²) >= 11 is 5.80. The molecule has 1 atom stereocenters. The predicted molar refractivity (Wildman–Crippen MR) is 63.0 cm³/mol. The second-order valence-corrected chi connectivity index (χ2v) is 4.74. The highest BCUT2D eigenvalue weighted by molar-refractivity contribution is 6.17. The van der Waals surface area contributed by atoms with Crippen molar-refractivity contribution in [3.05, 3.63) is 35.9 Å². The molecule has 0 aliphatic heterocycles. The Morgan fingerprint density at radius 3 is 2.40 bits per heavy atom. The Balaban J connectivity index is 2.25. The van der Waals surface area contributed by atoms with E-state index in [9.17, 15) is 5.11 Å². The molecule has 1 aliphatic carbocycles. The first-order chi connectivity index (χ1) is 7.27. The van der Waals surface area contributed by atoms with Crippen molar-refractivity contribution in [3.63, 3.8) is 0 Å². The van der Waals surface area contributed by atoms with Crippen molar-refractivity contribution in [3.8, 4) is 0 Å². The van der Waals surface area contributed by atoms with Crippen molar-refractivity contribution in [1.29, 1.82) is 0 Å². The van der Waals surface area contributed by atoms with Gasteiger partial charge in [-0.1, -0.05) is 36.8 Å². The van der Waals surface area contributed by atoms with Gasteiger partial charge in [-0.3, -0.25) is 0 Å². The number of benzene rings is 1. The van der Waals surface area contributed by atoms with Crippen LogP contribution in [0.3, 0.4) is 0 Å². The quantitative estimate of drug-likeness (QED) is 0.779. The minimum Gasteiger partial charge on any atom is -0.385 e. The van der Waals surface area contributed by atoms with Crippen molar-refractivity contribution in [1.82, 2.24) is 0 Å². The Labute approximate surface area is 96.1 Å². The Kier molecular flexibility index (Phi) is 3.32. The largest absolute Gasteiger partial charge is 0.385 e. The van der Waals surface area contributed by atoms with Gasteiger partial charge in [0.05, 0.1) is 5.60 Å². The van der Waals surface area contributed by atoms with Crippen molar-refractivity contribution < 1.29 is 5.11 Å². The lowest BCUT2D eigenvalue weighted by atomic mass is 9.68. The van der Waals surface area contributed by atoms with E-state index in [-0.39, 0.29) is 0 Å². The minimum absolute atomic E-state index is 0.402. The summed E-state index contributed by atoms with van der Waals surface area (Å²) in [7, 11) is 0. The molecule has 0 amide bonds. The van der Waals surface area contributed by atoms with Crippen LogP contribution in [0.25, 0.3) is 0 Å². The van der Waals surface area contributed by atoms with Crippen molar-refractivity contribution >= 4 is 11.6 Å². The van der Waals surface area contributed by atoms with Gasteiger partial charge in [0.2, 0.25) is 0 Å². The number of hydrogen-bond acceptors (Lipinski definition) is 1. The van der Waals surface area contributed by atoms with Gasteiger partial charge in [-0.2, -0.15) is 0 Å². The van der Waals surface area contributed by atoms with Gasteiger partial charge in [-0.25, -0.2) is 0 Å². The molecule has 0 heterocycles. The maximum atomic E-state index is 10.7. The minimum atomic E-state index is -0.693. The highest BCUT2D eigenvalue weighted by Crippen LogP contribution is 2.44. The Morgan fingerprint density at radius 2 is 1.93 bits per heavy atom. The summed E-state index contributed by atoms with van der Waals surface area (Å²) in [5.74, 6) is 0.917. The van der Waals surface area contributed by atoms with Crippen LogP contribution < -0.4 is 0 Å². The maximum Gasteiger partial charge on any atom is 0.0935 e. The molecular formula is C13H17ClO. The summed E-state index contributed by atoms with van der Waals surface area (Å²) < 4.78 is 0. The van der Waals surface area contributed by atoms with E-state index in [1.54, 1.807) is 0 Å². The van der Waals surface area contributed by atoms with Crippen LogP contribution in [0.2, 0.25) is 0 Å². The molecule has 1 aromatic rings. The van der Waals surface area contributed by atoms with Gasteiger partial charge in [-0.05, 0) is 30.7 Å². The lowest BCUT2D eigenvalue weighted by molar-refractivity contribution is -0.0588. The summed E-state index contributed by atoms with van der Waals surface area (Å²) in [5.41, 5.74) is 0.330. The van der Waals surface area contributed by atoms with Crippen molar-refractivity contribution in [2.24, 2.45) is 5.92 Å². The number of rotatable bonds is 4. The first kappa shape index (κ1) is 11.0. The molecule has 0 bridgehead atoms. The van der Waals surface area contributed by atoms with Crippen LogP contribution in [0, 0.1) is 5.92 Å². The van der Waals surface area contributed by atoms with E-state index in [1.807, 2.05) is 30.3 Å². The molecule has 1 unspecified atom stereocenters. The number of aliphatic hydroxyl groups is 1. The van der Waals surface area contributed by atoms with E-state index in [2.05, 4.69) is 0 Å². The molecule has 0 saturated heterocycles. The summed E-state index contributed by atoms with van der Waals surface area (Å²) in [4.78, 5) is 0. The van der Waals surface area contributed by atoms with Crippen molar-refractivity contribution in [2.45, 2.75) is 31.3 Å². The normalized spacial score (nSPS) is 20.7. The van der Waals surface area contributed by atoms with Crippen LogP contribution in [0.4, 0.5) is 0 Å². The van der Waals surface area contributed by atoms with Gasteiger partial charge in [0.15, 0.2) is 0 Å². The zero-order valence-corrected chi connectivity index (χ0v) is 9.58. The van der Waals surface area contributed by atoms with Crippen LogP contribution in [-0.2, 0) is 5.60 Å². The van der Waals surface area contributed by atoms with E-state index in [0.29, 0.717) is 18.2 Å². The van der Waals surface area contributed by atoms with Crippen LogP contribution in [0.15, 0.2) is 30.3 Å². The van der Waals surface area contributed by atoms with E-state index < -0.39 is 5.60 Å². The molecule has 2 rings (SSSR count). The molecule has 1 nitrogen and oxygen atoms in total. The van der Waals surface area contributed by atoms with Gasteiger partial charge >= 0.3 is 0 Å². The highest BCUT2D eigenvalue weighted by atomic mass is 35.5. The average molecular weight is 225 g/mol. The molecule has 0 spiro atoms. The van der Waals surface area contributed by atoms with E-state index in [4.69, 9.17) is 11.6 Å². The van der Waals surface area contributed by atoms with Gasteiger partial charge < -0.3 is 5.11 Å². The Hall–Kier alpha value is -0.530. The summed E-state index contributed by atoms with van der Waals surface area (Å²) in [6.07, 6.45) is 4.15.